The normalized spacial score (nSPS) is 20.8. The molecular weight excluding hydrogens is 236 g/mol. The van der Waals surface area contributed by atoms with Gasteiger partial charge in [-0.15, -0.1) is 0 Å². The minimum absolute atomic E-state index is 0.277. The standard InChI is InChI=1S/C12H26O4Si/c1-4-7-11(13-8-12-9-14-12)10-17(15-5-2)16-6-3/h11-12,17H,4-10H2,1-3H3. The van der Waals surface area contributed by atoms with Gasteiger partial charge >= 0.3 is 9.28 Å². The molecule has 1 aliphatic heterocycles. The fourth-order valence-corrected chi connectivity index (χ4v) is 3.68. The smallest absolute Gasteiger partial charge is 0.324 e. The van der Waals surface area contributed by atoms with Gasteiger partial charge < -0.3 is 18.3 Å². The quantitative estimate of drug-likeness (QED) is 0.421. The molecule has 102 valence electrons. The van der Waals surface area contributed by atoms with E-state index in [9.17, 15) is 0 Å². The van der Waals surface area contributed by atoms with Gasteiger partial charge in [-0.3, -0.25) is 0 Å². The van der Waals surface area contributed by atoms with Crippen molar-refractivity contribution < 1.29 is 18.3 Å². The summed E-state index contributed by atoms with van der Waals surface area (Å²) in [5.41, 5.74) is 0. The van der Waals surface area contributed by atoms with Gasteiger partial charge in [0.15, 0.2) is 0 Å². The Morgan fingerprint density at radius 1 is 1.24 bits per heavy atom. The van der Waals surface area contributed by atoms with E-state index in [-0.39, 0.29) is 6.10 Å². The molecule has 0 spiro atoms. The summed E-state index contributed by atoms with van der Waals surface area (Å²) in [5.74, 6) is 0. The first-order chi connectivity index (χ1) is 8.30. The molecule has 0 aliphatic carbocycles. The Morgan fingerprint density at radius 3 is 2.35 bits per heavy atom. The summed E-state index contributed by atoms with van der Waals surface area (Å²) >= 11 is 0. The highest BCUT2D eigenvalue weighted by Crippen LogP contribution is 2.16. The molecule has 1 heterocycles. The van der Waals surface area contributed by atoms with E-state index in [1.54, 1.807) is 0 Å². The summed E-state index contributed by atoms with van der Waals surface area (Å²) in [6, 6.07) is 0.947. The highest BCUT2D eigenvalue weighted by atomic mass is 28.3. The van der Waals surface area contributed by atoms with Gasteiger partial charge in [-0.25, -0.2) is 0 Å². The van der Waals surface area contributed by atoms with Crippen LogP contribution in [0, 0.1) is 0 Å². The molecule has 5 heteroatoms. The molecule has 0 bridgehead atoms. The second-order valence-electron chi connectivity index (χ2n) is 4.28. The molecule has 1 rings (SSSR count). The van der Waals surface area contributed by atoms with Gasteiger partial charge in [0.05, 0.1) is 19.3 Å². The summed E-state index contributed by atoms with van der Waals surface area (Å²) < 4.78 is 22.4. The van der Waals surface area contributed by atoms with Gasteiger partial charge in [0.25, 0.3) is 0 Å². The number of ether oxygens (including phenoxy) is 2. The first-order valence-corrected chi connectivity index (χ1v) is 8.52. The van der Waals surface area contributed by atoms with Gasteiger partial charge in [-0.1, -0.05) is 13.3 Å². The van der Waals surface area contributed by atoms with Gasteiger partial charge in [0.2, 0.25) is 0 Å². The van der Waals surface area contributed by atoms with Crippen LogP contribution in [0.15, 0.2) is 0 Å². The van der Waals surface area contributed by atoms with Crippen LogP contribution in [0.3, 0.4) is 0 Å². The SMILES string of the molecule is CCCC(C[SiH](OCC)OCC)OCC1CO1. The Kier molecular flexibility index (Phi) is 8.05. The van der Waals surface area contributed by atoms with Gasteiger partial charge in [-0.2, -0.15) is 0 Å². The predicted molar refractivity (Wildman–Crippen MR) is 69.6 cm³/mol. The third-order valence-corrected chi connectivity index (χ3v) is 5.01. The molecule has 1 fully saturated rings. The van der Waals surface area contributed by atoms with Crippen LogP contribution in [0.2, 0.25) is 6.04 Å². The number of hydrogen-bond donors (Lipinski definition) is 0. The van der Waals surface area contributed by atoms with Crippen molar-refractivity contribution in [3.05, 3.63) is 0 Å². The Bertz CT molecular complexity index is 181. The van der Waals surface area contributed by atoms with Crippen molar-refractivity contribution >= 4 is 9.28 Å². The minimum Gasteiger partial charge on any atom is -0.397 e. The summed E-state index contributed by atoms with van der Waals surface area (Å²) in [6.07, 6.45) is 2.83. The van der Waals surface area contributed by atoms with Crippen LogP contribution in [0.25, 0.3) is 0 Å². The Balaban J connectivity index is 2.26. The highest BCUT2D eigenvalue weighted by Gasteiger charge is 2.26. The lowest BCUT2D eigenvalue weighted by molar-refractivity contribution is 0.0419. The van der Waals surface area contributed by atoms with E-state index in [1.165, 1.54) is 0 Å². The fourth-order valence-electron chi connectivity index (χ4n) is 1.77. The molecule has 1 aliphatic rings. The van der Waals surface area contributed by atoms with Crippen molar-refractivity contribution in [2.75, 3.05) is 26.4 Å². The number of hydrogen-bond acceptors (Lipinski definition) is 4. The second-order valence-corrected chi connectivity index (χ2v) is 6.27. The van der Waals surface area contributed by atoms with E-state index in [0.717, 1.165) is 45.3 Å². The first-order valence-electron chi connectivity index (χ1n) is 6.76. The third-order valence-electron chi connectivity index (χ3n) is 2.69. The Hall–Kier alpha value is 0.0569. The molecule has 1 saturated heterocycles. The van der Waals surface area contributed by atoms with Crippen molar-refractivity contribution in [1.82, 2.24) is 0 Å². The van der Waals surface area contributed by atoms with Gasteiger partial charge in [-0.05, 0) is 20.3 Å². The van der Waals surface area contributed by atoms with Crippen molar-refractivity contribution in [1.29, 1.82) is 0 Å². The average Bonchev–Trinajstić information content (AvgIpc) is 3.10. The van der Waals surface area contributed by atoms with Crippen LogP contribution in [0.1, 0.15) is 33.6 Å². The average molecular weight is 262 g/mol. The Morgan fingerprint density at radius 2 is 1.88 bits per heavy atom. The fraction of sp³-hybridized carbons (Fsp3) is 1.00. The van der Waals surface area contributed by atoms with Crippen LogP contribution in [-0.2, 0) is 18.3 Å². The second kappa shape index (κ2) is 9.05. The summed E-state index contributed by atoms with van der Waals surface area (Å²) in [4.78, 5) is 0. The third kappa shape index (κ3) is 7.16. The largest absolute Gasteiger partial charge is 0.397 e. The van der Waals surface area contributed by atoms with Gasteiger partial charge in [0.1, 0.15) is 6.10 Å². The van der Waals surface area contributed by atoms with Crippen LogP contribution < -0.4 is 0 Å². The van der Waals surface area contributed by atoms with Crippen molar-refractivity contribution in [2.45, 2.75) is 51.9 Å². The highest BCUT2D eigenvalue weighted by molar-refractivity contribution is 6.44. The molecule has 4 nitrogen and oxygen atoms in total. The molecule has 0 N–H and O–H groups in total. The summed E-state index contributed by atoms with van der Waals surface area (Å²) in [6.45, 7) is 9.28. The molecule has 0 saturated carbocycles. The molecule has 0 radical (unpaired) electrons. The topological polar surface area (TPSA) is 40.2 Å². The van der Waals surface area contributed by atoms with E-state index in [2.05, 4.69) is 6.92 Å². The van der Waals surface area contributed by atoms with E-state index >= 15 is 0 Å². The first kappa shape index (κ1) is 15.1. The zero-order chi connectivity index (χ0) is 12.5. The lowest BCUT2D eigenvalue weighted by Gasteiger charge is -2.21. The van der Waals surface area contributed by atoms with Crippen molar-refractivity contribution in [3.63, 3.8) is 0 Å². The summed E-state index contributed by atoms with van der Waals surface area (Å²) in [7, 11) is -1.53. The van der Waals surface area contributed by atoms with Crippen LogP contribution in [0.5, 0.6) is 0 Å². The summed E-state index contributed by atoms with van der Waals surface area (Å²) in [5, 5.41) is 0. The van der Waals surface area contributed by atoms with E-state index in [1.807, 2.05) is 13.8 Å². The maximum atomic E-state index is 5.88. The monoisotopic (exact) mass is 262 g/mol. The Labute approximate surface area is 106 Å². The molecule has 0 aromatic carbocycles. The molecule has 0 aromatic rings. The van der Waals surface area contributed by atoms with E-state index in [4.69, 9.17) is 18.3 Å². The van der Waals surface area contributed by atoms with Crippen LogP contribution in [-0.4, -0.2) is 47.9 Å². The van der Waals surface area contributed by atoms with E-state index < -0.39 is 9.28 Å². The number of epoxide rings is 1. The molecular formula is C12H26O4Si. The van der Waals surface area contributed by atoms with Crippen LogP contribution in [0.4, 0.5) is 0 Å². The van der Waals surface area contributed by atoms with Crippen molar-refractivity contribution in [3.8, 4) is 0 Å². The lowest BCUT2D eigenvalue weighted by atomic mass is 10.2. The zero-order valence-electron chi connectivity index (χ0n) is 11.3. The lowest BCUT2D eigenvalue weighted by Crippen LogP contribution is -2.30. The maximum Gasteiger partial charge on any atom is 0.324 e. The number of rotatable bonds is 11. The molecule has 0 aromatic heterocycles. The van der Waals surface area contributed by atoms with E-state index in [0.29, 0.717) is 6.10 Å². The zero-order valence-corrected chi connectivity index (χ0v) is 12.5. The van der Waals surface area contributed by atoms with Gasteiger partial charge in [0, 0.05) is 19.3 Å². The molecule has 2 atom stereocenters. The predicted octanol–water partition coefficient (Wildman–Crippen LogP) is 1.86. The molecule has 0 amide bonds. The minimum atomic E-state index is -1.53. The molecule has 2 unspecified atom stereocenters. The maximum absolute atomic E-state index is 5.88. The molecule has 17 heavy (non-hydrogen) atoms. The van der Waals surface area contributed by atoms with Crippen LogP contribution >= 0.6 is 0 Å². The van der Waals surface area contributed by atoms with Crippen molar-refractivity contribution in [2.24, 2.45) is 0 Å².